The average Bonchev–Trinajstić information content (AvgIpc) is 2.91. The molecule has 0 aliphatic carbocycles. The number of benzene rings is 2. The van der Waals surface area contributed by atoms with E-state index in [1.807, 2.05) is 43.5 Å². The smallest absolute Gasteiger partial charge is 0.408 e. The van der Waals surface area contributed by atoms with Crippen molar-refractivity contribution < 1.29 is 24.2 Å². The first-order valence-electron chi connectivity index (χ1n) is 14.2. The van der Waals surface area contributed by atoms with Crippen LogP contribution in [0.25, 0.3) is 0 Å². The quantitative estimate of drug-likeness (QED) is 0.249. The van der Waals surface area contributed by atoms with E-state index in [1.54, 1.807) is 49.6 Å². The average molecular weight is 586 g/mol. The van der Waals surface area contributed by atoms with Gasteiger partial charge in [-0.2, -0.15) is 11.8 Å². The minimum absolute atomic E-state index is 0.0624. The van der Waals surface area contributed by atoms with Gasteiger partial charge in [-0.1, -0.05) is 56.3 Å². The van der Waals surface area contributed by atoms with Gasteiger partial charge in [0, 0.05) is 12.6 Å². The molecule has 0 saturated heterocycles. The molecule has 0 fully saturated rings. The van der Waals surface area contributed by atoms with Crippen LogP contribution in [0.3, 0.4) is 0 Å². The number of aromatic hydroxyl groups is 1. The maximum atomic E-state index is 14.4. The Bertz CT molecular complexity index is 1100. The molecule has 2 aromatic rings. The molecule has 226 valence electrons. The molecule has 3 amide bonds. The maximum absolute atomic E-state index is 14.4. The lowest BCUT2D eigenvalue weighted by Gasteiger charge is -2.39. The van der Waals surface area contributed by atoms with Crippen LogP contribution < -0.4 is 10.6 Å². The number of carbonyl (C=O) groups is 3. The second-order valence-corrected chi connectivity index (χ2v) is 12.7. The van der Waals surface area contributed by atoms with Crippen LogP contribution >= 0.6 is 11.8 Å². The van der Waals surface area contributed by atoms with Gasteiger partial charge in [0.1, 0.15) is 23.4 Å². The SMILES string of the molecule is CSCCC(NC(=O)OC(C)(C)C)C(=O)N(C(C)CCC(C)C)C(C(=O)NCc1ccccc1)c1ccc(O)cc1. The van der Waals surface area contributed by atoms with Crippen molar-refractivity contribution in [1.82, 2.24) is 15.5 Å². The molecule has 3 N–H and O–H groups in total. The van der Waals surface area contributed by atoms with Gasteiger partial charge in [0.05, 0.1) is 0 Å². The molecule has 0 aromatic heterocycles. The van der Waals surface area contributed by atoms with Gasteiger partial charge in [-0.05, 0) is 88.1 Å². The lowest BCUT2D eigenvalue weighted by atomic mass is 9.96. The molecule has 0 spiro atoms. The van der Waals surface area contributed by atoms with E-state index in [9.17, 15) is 19.5 Å². The minimum Gasteiger partial charge on any atom is -0.508 e. The Hall–Kier alpha value is -3.20. The van der Waals surface area contributed by atoms with Crippen LogP contribution in [0.2, 0.25) is 0 Å². The van der Waals surface area contributed by atoms with Crippen molar-refractivity contribution in [3.05, 3.63) is 65.7 Å². The molecule has 3 atom stereocenters. The second-order valence-electron chi connectivity index (χ2n) is 11.7. The molecule has 3 unspecified atom stereocenters. The Labute approximate surface area is 249 Å². The van der Waals surface area contributed by atoms with Crippen molar-refractivity contribution in [3.8, 4) is 5.75 Å². The fourth-order valence-electron chi connectivity index (χ4n) is 4.41. The number of nitrogens with one attached hydrogen (secondary N) is 2. The van der Waals surface area contributed by atoms with Crippen molar-refractivity contribution >= 4 is 29.7 Å². The van der Waals surface area contributed by atoms with E-state index in [4.69, 9.17) is 4.74 Å². The van der Waals surface area contributed by atoms with Crippen LogP contribution in [0.4, 0.5) is 4.79 Å². The zero-order valence-corrected chi connectivity index (χ0v) is 26.3. The normalized spacial score (nSPS) is 13.7. The Morgan fingerprint density at radius 3 is 2.15 bits per heavy atom. The predicted octanol–water partition coefficient (Wildman–Crippen LogP) is 6.05. The third kappa shape index (κ3) is 11.7. The van der Waals surface area contributed by atoms with Gasteiger partial charge in [0.2, 0.25) is 11.8 Å². The zero-order valence-electron chi connectivity index (χ0n) is 25.5. The summed E-state index contributed by atoms with van der Waals surface area (Å²) in [7, 11) is 0. The van der Waals surface area contributed by atoms with Crippen LogP contribution in [-0.2, 0) is 20.9 Å². The molecule has 2 aromatic carbocycles. The van der Waals surface area contributed by atoms with Crippen molar-refractivity contribution in [3.63, 3.8) is 0 Å². The van der Waals surface area contributed by atoms with E-state index in [1.165, 1.54) is 12.1 Å². The molecule has 0 radical (unpaired) electrons. The summed E-state index contributed by atoms with van der Waals surface area (Å²) in [5.74, 6) is 0.400. The third-order valence-electron chi connectivity index (χ3n) is 6.54. The summed E-state index contributed by atoms with van der Waals surface area (Å²) < 4.78 is 5.48. The fraction of sp³-hybridized carbons (Fsp3) is 0.531. The summed E-state index contributed by atoms with van der Waals surface area (Å²) in [5, 5.41) is 15.8. The number of hydrogen-bond donors (Lipinski definition) is 3. The molecule has 9 heteroatoms. The predicted molar refractivity (Wildman–Crippen MR) is 166 cm³/mol. The topological polar surface area (TPSA) is 108 Å². The number of thioether (sulfide) groups is 1. The summed E-state index contributed by atoms with van der Waals surface area (Å²) >= 11 is 1.57. The summed E-state index contributed by atoms with van der Waals surface area (Å²) in [6, 6.07) is 13.7. The highest BCUT2D eigenvalue weighted by Crippen LogP contribution is 2.29. The number of rotatable bonds is 14. The van der Waals surface area contributed by atoms with Crippen molar-refractivity contribution in [2.75, 3.05) is 12.0 Å². The van der Waals surface area contributed by atoms with Crippen LogP contribution in [0.5, 0.6) is 5.75 Å². The van der Waals surface area contributed by atoms with Gasteiger partial charge in [-0.15, -0.1) is 0 Å². The molecule has 8 nitrogen and oxygen atoms in total. The molecule has 41 heavy (non-hydrogen) atoms. The summed E-state index contributed by atoms with van der Waals surface area (Å²) in [4.78, 5) is 42.8. The van der Waals surface area contributed by atoms with Crippen LogP contribution in [0.15, 0.2) is 54.6 Å². The third-order valence-corrected chi connectivity index (χ3v) is 7.18. The van der Waals surface area contributed by atoms with E-state index in [-0.39, 0.29) is 23.6 Å². The lowest BCUT2D eigenvalue weighted by Crippen LogP contribution is -2.55. The van der Waals surface area contributed by atoms with Crippen molar-refractivity contribution in [2.45, 2.75) is 91.1 Å². The maximum Gasteiger partial charge on any atom is 0.408 e. The highest BCUT2D eigenvalue weighted by atomic mass is 32.2. The lowest BCUT2D eigenvalue weighted by molar-refractivity contribution is -0.145. The number of ether oxygens (including phenoxy) is 1. The number of phenols is 1. The van der Waals surface area contributed by atoms with Gasteiger partial charge in [0.15, 0.2) is 0 Å². The largest absolute Gasteiger partial charge is 0.508 e. The van der Waals surface area contributed by atoms with Crippen LogP contribution in [-0.4, -0.2) is 57.6 Å². The first kappa shape index (κ1) is 34.0. The Morgan fingerprint density at radius 1 is 0.951 bits per heavy atom. The van der Waals surface area contributed by atoms with Gasteiger partial charge in [-0.3, -0.25) is 9.59 Å². The molecular weight excluding hydrogens is 538 g/mol. The number of phenolic OH excluding ortho intramolecular Hbond substituents is 1. The minimum atomic E-state index is -0.980. The number of nitrogens with zero attached hydrogens (tertiary/aromatic N) is 1. The van der Waals surface area contributed by atoms with Crippen molar-refractivity contribution in [2.24, 2.45) is 5.92 Å². The van der Waals surface area contributed by atoms with E-state index in [2.05, 4.69) is 24.5 Å². The van der Waals surface area contributed by atoms with Gasteiger partial charge in [-0.25, -0.2) is 4.79 Å². The molecule has 0 aliphatic rings. The van der Waals surface area contributed by atoms with E-state index in [0.717, 1.165) is 12.0 Å². The molecule has 0 bridgehead atoms. The highest BCUT2D eigenvalue weighted by molar-refractivity contribution is 7.98. The number of amides is 3. The standard InChI is InChI=1S/C32H47N3O5S/c1-22(2)13-14-23(3)35(30(38)27(19-20-41-7)34-31(39)40-32(4,5)6)28(25-15-17-26(36)18-16-25)29(37)33-21-24-11-9-8-10-12-24/h8-12,15-18,22-23,27-28,36H,13-14,19-21H2,1-7H3,(H,33,37)(H,34,39). The monoisotopic (exact) mass is 585 g/mol. The number of hydrogen-bond acceptors (Lipinski definition) is 6. The molecule has 0 heterocycles. The van der Waals surface area contributed by atoms with Gasteiger partial charge < -0.3 is 25.4 Å². The first-order chi connectivity index (χ1) is 19.3. The second kappa shape index (κ2) is 16.3. The van der Waals surface area contributed by atoms with Gasteiger partial charge >= 0.3 is 6.09 Å². The first-order valence-corrected chi connectivity index (χ1v) is 15.6. The fourth-order valence-corrected chi connectivity index (χ4v) is 4.88. The molecule has 2 rings (SSSR count). The zero-order chi connectivity index (χ0) is 30.6. The summed E-state index contributed by atoms with van der Waals surface area (Å²) in [6.07, 6.45) is 3.16. The molecule has 0 saturated carbocycles. The van der Waals surface area contributed by atoms with E-state index < -0.39 is 23.8 Å². The molecule has 0 aliphatic heterocycles. The summed E-state index contributed by atoms with van der Waals surface area (Å²) in [5.41, 5.74) is 0.771. The highest BCUT2D eigenvalue weighted by Gasteiger charge is 2.38. The van der Waals surface area contributed by atoms with Crippen molar-refractivity contribution in [1.29, 1.82) is 0 Å². The number of carbonyl (C=O) groups excluding carboxylic acids is 3. The Kier molecular flexibility index (Phi) is 13.5. The van der Waals surface area contributed by atoms with Crippen LogP contribution in [0, 0.1) is 5.92 Å². The van der Waals surface area contributed by atoms with E-state index >= 15 is 0 Å². The Morgan fingerprint density at radius 2 is 1.59 bits per heavy atom. The van der Waals surface area contributed by atoms with Crippen LogP contribution in [0.1, 0.15) is 78.0 Å². The van der Waals surface area contributed by atoms with E-state index in [0.29, 0.717) is 36.6 Å². The Balaban J connectivity index is 2.53. The van der Waals surface area contributed by atoms with Gasteiger partial charge in [0.25, 0.3) is 0 Å². The number of alkyl carbamates (subject to hydrolysis) is 1. The summed E-state index contributed by atoms with van der Waals surface area (Å²) in [6.45, 7) is 11.8. The molecular formula is C32H47N3O5S.